The van der Waals surface area contributed by atoms with Gasteiger partial charge in [0.2, 0.25) is 5.91 Å². The molecule has 0 bridgehead atoms. The number of hydrogen-bond acceptors (Lipinski definition) is 5. The van der Waals surface area contributed by atoms with Crippen molar-refractivity contribution in [3.63, 3.8) is 0 Å². The lowest BCUT2D eigenvalue weighted by molar-refractivity contribution is -0.117. The highest BCUT2D eigenvalue weighted by Gasteiger charge is 2.46. The van der Waals surface area contributed by atoms with Crippen LogP contribution in [0.4, 0.5) is 10.1 Å². The second-order valence-electron chi connectivity index (χ2n) is 6.60. The number of carbonyl (C=O) groups is 1. The molecule has 1 amide bonds. The van der Waals surface area contributed by atoms with E-state index in [-0.39, 0.29) is 23.6 Å². The van der Waals surface area contributed by atoms with Gasteiger partial charge in [-0.2, -0.15) is 4.68 Å². The minimum Gasteiger partial charge on any atom is -0.494 e. The van der Waals surface area contributed by atoms with Crippen molar-refractivity contribution in [2.24, 2.45) is 5.92 Å². The van der Waals surface area contributed by atoms with Gasteiger partial charge in [-0.3, -0.25) is 4.79 Å². The number of rotatable bonds is 5. The summed E-state index contributed by atoms with van der Waals surface area (Å²) >= 11 is 6.11. The molecule has 1 aliphatic carbocycles. The lowest BCUT2D eigenvalue weighted by Crippen LogP contribution is -2.15. The van der Waals surface area contributed by atoms with Crippen LogP contribution in [-0.4, -0.2) is 33.2 Å². The van der Waals surface area contributed by atoms with Crippen molar-refractivity contribution in [2.75, 3.05) is 12.4 Å². The number of aromatic nitrogens is 4. The monoisotopic (exact) mass is 401 g/mol. The van der Waals surface area contributed by atoms with Gasteiger partial charge in [-0.05, 0) is 54.1 Å². The summed E-state index contributed by atoms with van der Waals surface area (Å²) in [6.07, 6.45) is 0.557. The van der Waals surface area contributed by atoms with E-state index < -0.39 is 0 Å². The van der Waals surface area contributed by atoms with E-state index in [9.17, 15) is 9.18 Å². The van der Waals surface area contributed by atoms with Gasteiger partial charge in [-0.25, -0.2) is 4.39 Å². The molecule has 1 heterocycles. The van der Waals surface area contributed by atoms with Crippen LogP contribution in [0, 0.1) is 18.7 Å². The molecule has 144 valence electrons. The third-order valence-electron chi connectivity index (χ3n) is 4.80. The third kappa shape index (κ3) is 3.31. The number of aryl methyl sites for hydroxylation is 1. The lowest BCUT2D eigenvalue weighted by Gasteiger charge is -2.12. The highest BCUT2D eigenvalue weighted by molar-refractivity contribution is 6.31. The van der Waals surface area contributed by atoms with Crippen LogP contribution in [0.2, 0.25) is 5.02 Å². The smallest absolute Gasteiger partial charge is 0.228 e. The number of ether oxygens (including phenoxy) is 1. The normalized spacial score (nSPS) is 18.0. The predicted molar refractivity (Wildman–Crippen MR) is 101 cm³/mol. The van der Waals surface area contributed by atoms with Crippen LogP contribution in [0.5, 0.6) is 5.75 Å². The van der Waals surface area contributed by atoms with E-state index in [0.29, 0.717) is 40.0 Å². The zero-order valence-corrected chi connectivity index (χ0v) is 15.9. The summed E-state index contributed by atoms with van der Waals surface area (Å²) in [6.45, 7) is 1.76. The molecular formula is C19H17ClFN5O2. The Hall–Kier alpha value is -3.00. The Morgan fingerprint density at radius 2 is 2.18 bits per heavy atom. The number of carbonyl (C=O) groups excluding carboxylic acids is 1. The van der Waals surface area contributed by atoms with Gasteiger partial charge in [-0.15, -0.1) is 5.10 Å². The first kappa shape index (κ1) is 18.4. The standard InChI is InChI=1S/C19H17ClFN5O2/c1-10-23-24-25-26(10)16-8-11(6-7-17(16)28-2)22-19(27)13-9-12(13)18-14(20)4-3-5-15(18)21/h3-8,12-13H,9H2,1-2H3,(H,22,27). The molecule has 2 atom stereocenters. The Balaban J connectivity index is 1.54. The number of methoxy groups -OCH3 is 1. The highest BCUT2D eigenvalue weighted by atomic mass is 35.5. The van der Waals surface area contributed by atoms with Crippen molar-refractivity contribution in [1.82, 2.24) is 20.2 Å². The summed E-state index contributed by atoms with van der Waals surface area (Å²) in [4.78, 5) is 12.6. The molecule has 9 heteroatoms. The molecule has 1 N–H and O–H groups in total. The molecule has 1 fully saturated rings. The van der Waals surface area contributed by atoms with Crippen LogP contribution in [0.25, 0.3) is 5.69 Å². The van der Waals surface area contributed by atoms with E-state index in [1.54, 1.807) is 44.4 Å². The van der Waals surface area contributed by atoms with Crippen LogP contribution in [0.15, 0.2) is 36.4 Å². The van der Waals surface area contributed by atoms with E-state index in [4.69, 9.17) is 16.3 Å². The summed E-state index contributed by atoms with van der Waals surface area (Å²) in [5.41, 5.74) is 1.58. The third-order valence-corrected chi connectivity index (χ3v) is 5.13. The maximum atomic E-state index is 14.1. The highest BCUT2D eigenvalue weighted by Crippen LogP contribution is 2.51. The molecule has 2 unspecified atom stereocenters. The molecule has 0 aliphatic heterocycles. The molecule has 28 heavy (non-hydrogen) atoms. The van der Waals surface area contributed by atoms with E-state index in [2.05, 4.69) is 20.8 Å². The molecule has 7 nitrogen and oxygen atoms in total. The van der Waals surface area contributed by atoms with Gasteiger partial charge in [0, 0.05) is 28.1 Å². The van der Waals surface area contributed by atoms with Crippen LogP contribution >= 0.6 is 11.6 Å². The Bertz CT molecular complexity index is 1030. The quantitative estimate of drug-likeness (QED) is 0.707. The second kappa shape index (κ2) is 7.20. The Kier molecular flexibility index (Phi) is 4.72. The number of nitrogens with one attached hydrogen (secondary N) is 1. The van der Waals surface area contributed by atoms with E-state index in [1.165, 1.54) is 10.7 Å². The fourth-order valence-electron chi connectivity index (χ4n) is 3.29. The van der Waals surface area contributed by atoms with Gasteiger partial charge in [0.1, 0.15) is 17.3 Å². The number of benzene rings is 2. The van der Waals surface area contributed by atoms with E-state index >= 15 is 0 Å². The van der Waals surface area contributed by atoms with Gasteiger partial charge in [0.15, 0.2) is 5.82 Å². The van der Waals surface area contributed by atoms with Crippen molar-refractivity contribution in [1.29, 1.82) is 0 Å². The molecule has 0 spiro atoms. The number of nitrogens with zero attached hydrogens (tertiary/aromatic N) is 4. The number of tetrazole rings is 1. The summed E-state index contributed by atoms with van der Waals surface area (Å²) in [6, 6.07) is 9.74. The van der Waals surface area contributed by atoms with E-state index in [1.807, 2.05) is 0 Å². The fourth-order valence-corrected chi connectivity index (χ4v) is 3.59. The molecule has 0 saturated heterocycles. The minimum atomic E-state index is -0.381. The largest absolute Gasteiger partial charge is 0.494 e. The van der Waals surface area contributed by atoms with Gasteiger partial charge in [0.05, 0.1) is 7.11 Å². The Labute approximate surface area is 165 Å². The Morgan fingerprint density at radius 1 is 1.36 bits per heavy atom. The number of halogens is 2. The summed E-state index contributed by atoms with van der Waals surface area (Å²) in [5.74, 6) is 0.0412. The molecule has 3 aromatic rings. The maximum Gasteiger partial charge on any atom is 0.228 e. The first-order valence-corrected chi connectivity index (χ1v) is 9.05. The van der Waals surface area contributed by atoms with Gasteiger partial charge in [-0.1, -0.05) is 17.7 Å². The van der Waals surface area contributed by atoms with Gasteiger partial charge < -0.3 is 10.1 Å². The summed E-state index contributed by atoms with van der Waals surface area (Å²) in [7, 11) is 1.55. The van der Waals surface area contributed by atoms with Gasteiger partial charge in [0.25, 0.3) is 0 Å². The number of hydrogen-bond donors (Lipinski definition) is 1. The molecule has 2 aromatic carbocycles. The van der Waals surface area contributed by atoms with Gasteiger partial charge >= 0.3 is 0 Å². The minimum absolute atomic E-state index is 0.186. The maximum absolute atomic E-state index is 14.1. The average Bonchev–Trinajstić information content (AvgIpc) is 3.34. The first-order valence-electron chi connectivity index (χ1n) is 8.67. The lowest BCUT2D eigenvalue weighted by atomic mass is 10.1. The summed E-state index contributed by atoms with van der Waals surface area (Å²) < 4.78 is 21.0. The van der Waals surface area contributed by atoms with Crippen LogP contribution < -0.4 is 10.1 Å². The topological polar surface area (TPSA) is 81.9 Å². The molecule has 4 rings (SSSR count). The van der Waals surface area contributed by atoms with Crippen LogP contribution in [-0.2, 0) is 4.79 Å². The molecular weight excluding hydrogens is 385 g/mol. The molecule has 1 saturated carbocycles. The molecule has 0 radical (unpaired) electrons. The van der Waals surface area contributed by atoms with Crippen LogP contribution in [0.1, 0.15) is 23.7 Å². The fraction of sp³-hybridized carbons (Fsp3) is 0.263. The van der Waals surface area contributed by atoms with Crippen molar-refractivity contribution >= 4 is 23.2 Å². The van der Waals surface area contributed by atoms with Crippen molar-refractivity contribution in [3.05, 3.63) is 58.6 Å². The molecule has 1 aliphatic rings. The number of amides is 1. The Morgan fingerprint density at radius 3 is 2.86 bits per heavy atom. The second-order valence-corrected chi connectivity index (χ2v) is 7.01. The van der Waals surface area contributed by atoms with Crippen LogP contribution in [0.3, 0.4) is 0 Å². The van der Waals surface area contributed by atoms with E-state index in [0.717, 1.165) is 0 Å². The zero-order valence-electron chi connectivity index (χ0n) is 15.2. The number of anilines is 1. The van der Waals surface area contributed by atoms with Crippen molar-refractivity contribution in [2.45, 2.75) is 19.3 Å². The predicted octanol–water partition coefficient (Wildman–Crippen LogP) is 3.51. The molecule has 1 aromatic heterocycles. The first-order chi connectivity index (χ1) is 13.5. The SMILES string of the molecule is COc1ccc(NC(=O)C2CC2c2c(F)cccc2Cl)cc1-n1nnnc1C. The van der Waals surface area contributed by atoms with Crippen molar-refractivity contribution in [3.8, 4) is 11.4 Å². The summed E-state index contributed by atoms with van der Waals surface area (Å²) in [5, 5.41) is 14.7. The average molecular weight is 402 g/mol. The zero-order chi connectivity index (χ0) is 19.8. The van der Waals surface area contributed by atoms with Crippen molar-refractivity contribution < 1.29 is 13.9 Å².